The van der Waals surface area contributed by atoms with Crippen LogP contribution < -0.4 is 5.56 Å². The molecule has 1 aliphatic heterocycles. The van der Waals surface area contributed by atoms with Gasteiger partial charge in [-0.3, -0.25) is 9.69 Å². The lowest BCUT2D eigenvalue weighted by atomic mass is 9.91. The zero-order valence-electron chi connectivity index (χ0n) is 22.0. The summed E-state index contributed by atoms with van der Waals surface area (Å²) < 4.78 is 7.85. The average Bonchev–Trinajstić information content (AvgIpc) is 3.56. The second kappa shape index (κ2) is 11.2. The quantitative estimate of drug-likeness (QED) is 0.453. The molecule has 5 rings (SSSR count). The summed E-state index contributed by atoms with van der Waals surface area (Å²) in [5, 5.41) is 14.1. The highest BCUT2D eigenvalue weighted by molar-refractivity contribution is 5.80. The van der Waals surface area contributed by atoms with Crippen molar-refractivity contribution >= 4 is 10.9 Å². The van der Waals surface area contributed by atoms with E-state index in [1.54, 1.807) is 0 Å². The fourth-order valence-electron chi connectivity index (χ4n) is 6.02. The lowest BCUT2D eigenvalue weighted by Gasteiger charge is -2.39. The van der Waals surface area contributed by atoms with Gasteiger partial charge in [0.15, 0.2) is 5.82 Å². The standard InChI is InChI=1S/C28H40N6O2/c1-4-9-26(27-30-31-32-34(27)18-24-12-8-13-36-24)33(23-10-6-5-7-11-23)17-22-16-21-14-19(2)20(3)15-25(21)29-28(22)35/h14-16,23-24,26H,4-13,17-18H2,1-3H3,(H,29,35). The molecule has 0 amide bonds. The maximum Gasteiger partial charge on any atom is 0.252 e. The monoisotopic (exact) mass is 492 g/mol. The number of hydrogen-bond acceptors (Lipinski definition) is 6. The van der Waals surface area contributed by atoms with Crippen LogP contribution in [0.2, 0.25) is 0 Å². The maximum atomic E-state index is 13.3. The molecule has 3 heterocycles. The van der Waals surface area contributed by atoms with Gasteiger partial charge in [0, 0.05) is 30.3 Å². The van der Waals surface area contributed by atoms with E-state index in [9.17, 15) is 4.79 Å². The largest absolute Gasteiger partial charge is 0.376 e. The zero-order chi connectivity index (χ0) is 25.1. The number of aryl methyl sites for hydroxylation is 2. The molecule has 1 saturated carbocycles. The second-order valence-corrected chi connectivity index (χ2v) is 10.8. The molecule has 2 aromatic heterocycles. The molecule has 1 saturated heterocycles. The van der Waals surface area contributed by atoms with Gasteiger partial charge in [0.05, 0.1) is 18.7 Å². The van der Waals surface area contributed by atoms with Crippen molar-refractivity contribution in [3.05, 3.63) is 51.1 Å². The Bertz CT molecular complexity index is 1220. The van der Waals surface area contributed by atoms with Crippen LogP contribution in [0.3, 0.4) is 0 Å². The lowest BCUT2D eigenvalue weighted by molar-refractivity contribution is 0.0713. The van der Waals surface area contributed by atoms with Crippen molar-refractivity contribution in [1.29, 1.82) is 0 Å². The molecule has 36 heavy (non-hydrogen) atoms. The minimum absolute atomic E-state index is 0.000702. The number of benzene rings is 1. The smallest absolute Gasteiger partial charge is 0.252 e. The molecule has 1 aromatic carbocycles. The number of hydrogen-bond donors (Lipinski definition) is 1. The number of pyridine rings is 1. The average molecular weight is 493 g/mol. The first-order valence-electron chi connectivity index (χ1n) is 13.8. The summed E-state index contributed by atoms with van der Waals surface area (Å²) in [6.07, 6.45) is 10.3. The highest BCUT2D eigenvalue weighted by Gasteiger charge is 2.33. The van der Waals surface area contributed by atoms with Gasteiger partial charge in [0.2, 0.25) is 0 Å². The predicted octanol–water partition coefficient (Wildman–Crippen LogP) is 4.99. The molecule has 194 valence electrons. The summed E-state index contributed by atoms with van der Waals surface area (Å²) in [6, 6.07) is 6.83. The number of tetrazole rings is 1. The van der Waals surface area contributed by atoms with Crippen molar-refractivity contribution < 1.29 is 4.74 Å². The Balaban J connectivity index is 1.51. The fraction of sp³-hybridized carbons (Fsp3) is 0.643. The number of rotatable bonds is 9. The number of aromatic nitrogens is 5. The molecule has 8 nitrogen and oxygen atoms in total. The molecule has 1 N–H and O–H groups in total. The summed E-state index contributed by atoms with van der Waals surface area (Å²) in [5.74, 6) is 0.904. The maximum absolute atomic E-state index is 13.3. The first kappa shape index (κ1) is 25.1. The van der Waals surface area contributed by atoms with Crippen LogP contribution in [0, 0.1) is 13.8 Å². The molecule has 2 aliphatic rings. The van der Waals surface area contributed by atoms with Crippen molar-refractivity contribution in [1.82, 2.24) is 30.1 Å². The molecular formula is C28H40N6O2. The van der Waals surface area contributed by atoms with Gasteiger partial charge in [-0.1, -0.05) is 32.6 Å². The fourth-order valence-corrected chi connectivity index (χ4v) is 6.02. The van der Waals surface area contributed by atoms with Crippen LogP contribution >= 0.6 is 0 Å². The van der Waals surface area contributed by atoms with Crippen molar-refractivity contribution in [2.75, 3.05) is 6.61 Å². The number of H-pyrrole nitrogens is 1. The summed E-state index contributed by atoms with van der Waals surface area (Å²) in [5.41, 5.74) is 4.15. The molecule has 2 fully saturated rings. The van der Waals surface area contributed by atoms with Gasteiger partial charge < -0.3 is 9.72 Å². The number of nitrogens with one attached hydrogen (secondary N) is 1. The van der Waals surface area contributed by atoms with E-state index >= 15 is 0 Å². The zero-order valence-corrected chi connectivity index (χ0v) is 22.0. The molecule has 1 aliphatic carbocycles. The van der Waals surface area contributed by atoms with Gasteiger partial charge in [0.25, 0.3) is 5.56 Å². The van der Waals surface area contributed by atoms with Crippen LogP contribution in [0.5, 0.6) is 0 Å². The van der Waals surface area contributed by atoms with Gasteiger partial charge in [-0.15, -0.1) is 5.10 Å². The molecular weight excluding hydrogens is 452 g/mol. The molecule has 0 spiro atoms. The van der Waals surface area contributed by atoms with E-state index in [0.29, 0.717) is 19.1 Å². The third-order valence-corrected chi connectivity index (χ3v) is 8.15. The van der Waals surface area contributed by atoms with Crippen molar-refractivity contribution in [2.45, 2.75) is 110 Å². The minimum Gasteiger partial charge on any atom is -0.376 e. The van der Waals surface area contributed by atoms with Crippen LogP contribution in [0.25, 0.3) is 10.9 Å². The van der Waals surface area contributed by atoms with E-state index in [0.717, 1.165) is 67.4 Å². The van der Waals surface area contributed by atoms with E-state index in [2.05, 4.69) is 64.4 Å². The predicted molar refractivity (Wildman–Crippen MR) is 141 cm³/mol. The number of nitrogens with zero attached hydrogens (tertiary/aromatic N) is 5. The van der Waals surface area contributed by atoms with Gasteiger partial charge >= 0.3 is 0 Å². The van der Waals surface area contributed by atoms with Crippen LogP contribution in [-0.2, 0) is 17.8 Å². The normalized spacial score (nSPS) is 19.9. The second-order valence-electron chi connectivity index (χ2n) is 10.8. The molecule has 3 aromatic rings. The summed E-state index contributed by atoms with van der Waals surface area (Å²) in [4.78, 5) is 19.0. The van der Waals surface area contributed by atoms with E-state index in [1.807, 2.05) is 4.68 Å². The molecule has 2 atom stereocenters. The van der Waals surface area contributed by atoms with E-state index in [4.69, 9.17) is 4.74 Å². The van der Waals surface area contributed by atoms with Gasteiger partial charge in [0.1, 0.15) is 0 Å². The van der Waals surface area contributed by atoms with E-state index < -0.39 is 0 Å². The highest BCUT2D eigenvalue weighted by atomic mass is 16.5. The Morgan fingerprint density at radius 3 is 2.67 bits per heavy atom. The van der Waals surface area contributed by atoms with E-state index in [-0.39, 0.29) is 17.7 Å². The number of fused-ring (bicyclic) bond motifs is 1. The SMILES string of the molecule is CCCC(c1nnnn1CC1CCCO1)N(Cc1cc2cc(C)c(C)cc2[nH]c1=O)C1CCCCC1. The summed E-state index contributed by atoms with van der Waals surface area (Å²) in [7, 11) is 0. The molecule has 0 bridgehead atoms. The third kappa shape index (κ3) is 5.39. The Kier molecular flexibility index (Phi) is 7.82. The third-order valence-electron chi connectivity index (χ3n) is 8.15. The Morgan fingerprint density at radius 1 is 1.11 bits per heavy atom. The van der Waals surface area contributed by atoms with Crippen molar-refractivity contribution in [3.8, 4) is 0 Å². The molecule has 8 heteroatoms. The van der Waals surface area contributed by atoms with Gasteiger partial charge in [-0.25, -0.2) is 4.68 Å². The summed E-state index contributed by atoms with van der Waals surface area (Å²) in [6.45, 7) is 8.53. The van der Waals surface area contributed by atoms with E-state index in [1.165, 1.54) is 30.4 Å². The Morgan fingerprint density at radius 2 is 1.92 bits per heavy atom. The van der Waals surface area contributed by atoms with Crippen molar-refractivity contribution in [3.63, 3.8) is 0 Å². The highest BCUT2D eigenvalue weighted by Crippen LogP contribution is 2.34. The lowest BCUT2D eigenvalue weighted by Crippen LogP contribution is -2.41. The number of aromatic amines is 1. The molecule has 0 radical (unpaired) electrons. The van der Waals surface area contributed by atoms with Gasteiger partial charge in [-0.2, -0.15) is 0 Å². The van der Waals surface area contributed by atoms with Crippen molar-refractivity contribution in [2.24, 2.45) is 0 Å². The number of ether oxygens (including phenoxy) is 1. The van der Waals surface area contributed by atoms with Crippen LogP contribution in [0.4, 0.5) is 0 Å². The van der Waals surface area contributed by atoms with Crippen LogP contribution in [0.1, 0.15) is 93.3 Å². The minimum atomic E-state index is 0.000702. The molecule has 2 unspecified atom stereocenters. The Labute approximate surface area is 213 Å². The summed E-state index contributed by atoms with van der Waals surface area (Å²) >= 11 is 0. The first-order chi connectivity index (χ1) is 17.5. The topological polar surface area (TPSA) is 88.9 Å². The van der Waals surface area contributed by atoms with Crippen LogP contribution in [0.15, 0.2) is 23.0 Å². The Hall–Kier alpha value is -2.58. The van der Waals surface area contributed by atoms with Gasteiger partial charge in [-0.05, 0) is 91.1 Å². The first-order valence-corrected chi connectivity index (χ1v) is 13.8. The van der Waals surface area contributed by atoms with Crippen LogP contribution in [-0.4, -0.2) is 48.8 Å².